The molecule has 1 aliphatic rings. The molecule has 5 heteroatoms. The second kappa shape index (κ2) is 7.23. The highest BCUT2D eigenvalue weighted by Crippen LogP contribution is 2.37. The molecule has 1 fully saturated rings. The van der Waals surface area contributed by atoms with Gasteiger partial charge in [0.1, 0.15) is 0 Å². The van der Waals surface area contributed by atoms with Crippen LogP contribution in [0.15, 0.2) is 6.07 Å². The first-order valence-electron chi connectivity index (χ1n) is 7.51. The summed E-state index contributed by atoms with van der Waals surface area (Å²) < 4.78 is 2.05. The third kappa shape index (κ3) is 3.74. The van der Waals surface area contributed by atoms with Gasteiger partial charge < -0.3 is 5.32 Å². The largest absolute Gasteiger partial charge is 0.315 e. The van der Waals surface area contributed by atoms with Gasteiger partial charge in [0, 0.05) is 46.7 Å². The van der Waals surface area contributed by atoms with E-state index >= 15 is 0 Å². The van der Waals surface area contributed by atoms with Crippen molar-refractivity contribution in [3.8, 4) is 0 Å². The van der Waals surface area contributed by atoms with Crippen molar-refractivity contribution in [2.75, 3.05) is 12.8 Å². The summed E-state index contributed by atoms with van der Waals surface area (Å²) in [5.74, 6) is 1.25. The molecule has 0 amide bonds. The Bertz CT molecular complexity index is 433. The number of aromatic nitrogens is 2. The molecule has 1 N–H and O–H groups in total. The zero-order chi connectivity index (χ0) is 14.7. The summed E-state index contributed by atoms with van der Waals surface area (Å²) >= 11 is 4.27. The highest BCUT2D eigenvalue weighted by molar-refractivity contribution is 8.07. The fourth-order valence-electron chi connectivity index (χ4n) is 2.60. The Balaban J connectivity index is 2.03. The summed E-state index contributed by atoms with van der Waals surface area (Å²) in [6, 6.07) is 2.79. The third-order valence-corrected chi connectivity index (χ3v) is 7.76. The lowest BCUT2D eigenvalue weighted by Crippen LogP contribution is -2.43. The van der Waals surface area contributed by atoms with Crippen LogP contribution in [0.4, 0.5) is 0 Å². The van der Waals surface area contributed by atoms with Crippen molar-refractivity contribution in [1.82, 2.24) is 15.1 Å². The molecule has 4 atom stereocenters. The van der Waals surface area contributed by atoms with Gasteiger partial charge in [-0.05, 0) is 19.5 Å². The lowest BCUT2D eigenvalue weighted by atomic mass is 10.1. The van der Waals surface area contributed by atoms with Gasteiger partial charge in [-0.3, -0.25) is 4.68 Å². The second-order valence-electron chi connectivity index (χ2n) is 5.62. The number of nitrogens with one attached hydrogen (secondary N) is 1. The van der Waals surface area contributed by atoms with E-state index in [1.54, 1.807) is 0 Å². The molecule has 4 unspecified atom stereocenters. The fraction of sp³-hybridized carbons (Fsp3) is 0.800. The lowest BCUT2D eigenvalue weighted by molar-refractivity contribution is 0.532. The highest BCUT2D eigenvalue weighted by Gasteiger charge is 2.31. The highest BCUT2D eigenvalue weighted by atomic mass is 32.2. The zero-order valence-electron chi connectivity index (χ0n) is 13.2. The van der Waals surface area contributed by atoms with E-state index in [-0.39, 0.29) is 0 Å². The summed E-state index contributed by atoms with van der Waals surface area (Å²) in [7, 11) is 4.16. The van der Waals surface area contributed by atoms with Crippen LogP contribution in [0.5, 0.6) is 0 Å². The first kappa shape index (κ1) is 16.2. The molecule has 2 heterocycles. The molecule has 114 valence electrons. The number of rotatable bonds is 5. The minimum absolute atomic E-state index is 0.530. The molecule has 0 bridgehead atoms. The number of thioether (sulfide) groups is 2. The van der Waals surface area contributed by atoms with Crippen LogP contribution in [0.25, 0.3) is 0 Å². The molecule has 0 spiro atoms. The Morgan fingerprint density at radius 1 is 1.45 bits per heavy atom. The second-order valence-corrected chi connectivity index (χ2v) is 8.65. The van der Waals surface area contributed by atoms with Crippen molar-refractivity contribution in [3.63, 3.8) is 0 Å². The molecule has 0 saturated carbocycles. The van der Waals surface area contributed by atoms with Crippen LogP contribution in [0, 0.1) is 0 Å². The van der Waals surface area contributed by atoms with Gasteiger partial charge in [-0.25, -0.2) is 0 Å². The van der Waals surface area contributed by atoms with Crippen LogP contribution in [0.1, 0.15) is 32.2 Å². The van der Waals surface area contributed by atoms with E-state index in [1.165, 1.54) is 17.1 Å². The van der Waals surface area contributed by atoms with Gasteiger partial charge in [0.2, 0.25) is 0 Å². The average molecular weight is 314 g/mol. The summed E-state index contributed by atoms with van der Waals surface area (Å²) in [4.78, 5) is 0. The minimum atomic E-state index is 0.530. The molecular weight excluding hydrogens is 286 g/mol. The van der Waals surface area contributed by atoms with E-state index < -0.39 is 0 Å². The van der Waals surface area contributed by atoms with E-state index in [0.717, 1.165) is 23.3 Å². The van der Waals surface area contributed by atoms with Crippen molar-refractivity contribution in [1.29, 1.82) is 0 Å². The van der Waals surface area contributed by atoms with Gasteiger partial charge in [0.15, 0.2) is 0 Å². The Hall–Kier alpha value is -0.130. The number of nitrogens with zero attached hydrogens (tertiary/aromatic N) is 2. The SMILES string of the molecule is CCc1cc(CC(NC)C2CSC(C)C(C)S2)n(C)n1. The average Bonchev–Trinajstić information content (AvgIpc) is 2.80. The van der Waals surface area contributed by atoms with Gasteiger partial charge in [-0.1, -0.05) is 20.8 Å². The van der Waals surface area contributed by atoms with Gasteiger partial charge in [-0.15, -0.1) is 0 Å². The number of hydrogen-bond donors (Lipinski definition) is 1. The fourth-order valence-corrected chi connectivity index (χ4v) is 5.77. The van der Waals surface area contributed by atoms with Crippen LogP contribution >= 0.6 is 23.5 Å². The molecule has 3 nitrogen and oxygen atoms in total. The maximum atomic E-state index is 4.57. The van der Waals surface area contributed by atoms with E-state index in [2.05, 4.69) is 79.6 Å². The normalized spacial score (nSPS) is 28.6. The molecule has 1 saturated heterocycles. The van der Waals surface area contributed by atoms with E-state index in [9.17, 15) is 0 Å². The minimum Gasteiger partial charge on any atom is -0.315 e. The number of aryl methyl sites for hydroxylation is 2. The number of likely N-dealkylation sites (N-methyl/N-ethyl adjacent to an activating group) is 1. The summed E-state index contributed by atoms with van der Waals surface area (Å²) in [6.45, 7) is 6.88. The molecule has 1 aromatic rings. The lowest BCUT2D eigenvalue weighted by Gasteiger charge is -2.35. The summed E-state index contributed by atoms with van der Waals surface area (Å²) in [5, 5.41) is 10.3. The van der Waals surface area contributed by atoms with Gasteiger partial charge in [0.25, 0.3) is 0 Å². The smallest absolute Gasteiger partial charge is 0.0624 e. The van der Waals surface area contributed by atoms with E-state index in [4.69, 9.17) is 0 Å². The standard InChI is InChI=1S/C15H27N3S2/c1-6-12-7-13(18(5)17-12)8-14(16-4)15-9-19-10(2)11(3)20-15/h7,10-11,14-16H,6,8-9H2,1-5H3. The van der Waals surface area contributed by atoms with Crippen molar-refractivity contribution < 1.29 is 0 Å². The molecule has 0 aliphatic carbocycles. The van der Waals surface area contributed by atoms with Crippen LogP contribution in [-0.4, -0.2) is 44.4 Å². The maximum absolute atomic E-state index is 4.57. The maximum Gasteiger partial charge on any atom is 0.0624 e. The predicted molar refractivity (Wildman–Crippen MR) is 91.9 cm³/mol. The molecular formula is C15H27N3S2. The molecule has 1 aliphatic heterocycles. The van der Waals surface area contributed by atoms with Crippen LogP contribution < -0.4 is 5.32 Å². The van der Waals surface area contributed by atoms with Crippen molar-refractivity contribution in [2.45, 2.75) is 55.4 Å². The van der Waals surface area contributed by atoms with Crippen molar-refractivity contribution in [2.24, 2.45) is 7.05 Å². The Labute approximate surface area is 131 Å². The van der Waals surface area contributed by atoms with Gasteiger partial charge in [0.05, 0.1) is 5.69 Å². The van der Waals surface area contributed by atoms with Gasteiger partial charge in [-0.2, -0.15) is 28.6 Å². The molecule has 0 aromatic carbocycles. The monoisotopic (exact) mass is 313 g/mol. The molecule has 2 rings (SSSR count). The molecule has 1 aromatic heterocycles. The van der Waals surface area contributed by atoms with Crippen molar-refractivity contribution in [3.05, 3.63) is 17.5 Å². The predicted octanol–water partition coefficient (Wildman–Crippen LogP) is 2.74. The summed E-state index contributed by atoms with van der Waals surface area (Å²) in [6.07, 6.45) is 2.08. The molecule has 20 heavy (non-hydrogen) atoms. The number of hydrogen-bond acceptors (Lipinski definition) is 4. The zero-order valence-corrected chi connectivity index (χ0v) is 14.9. The molecule has 0 radical (unpaired) electrons. The Morgan fingerprint density at radius 2 is 2.20 bits per heavy atom. The first-order valence-corrected chi connectivity index (χ1v) is 9.50. The van der Waals surface area contributed by atoms with Crippen LogP contribution in [0.3, 0.4) is 0 Å². The first-order chi connectivity index (χ1) is 9.55. The van der Waals surface area contributed by atoms with E-state index in [1.807, 2.05) is 0 Å². The Kier molecular flexibility index (Phi) is 5.87. The van der Waals surface area contributed by atoms with Crippen LogP contribution in [0.2, 0.25) is 0 Å². The Morgan fingerprint density at radius 3 is 2.75 bits per heavy atom. The van der Waals surface area contributed by atoms with E-state index in [0.29, 0.717) is 11.3 Å². The summed E-state index contributed by atoms with van der Waals surface area (Å²) in [5.41, 5.74) is 2.54. The van der Waals surface area contributed by atoms with Crippen molar-refractivity contribution >= 4 is 23.5 Å². The topological polar surface area (TPSA) is 29.9 Å². The third-order valence-electron chi connectivity index (χ3n) is 4.21. The van der Waals surface area contributed by atoms with Crippen LogP contribution in [-0.2, 0) is 19.9 Å². The van der Waals surface area contributed by atoms with Gasteiger partial charge >= 0.3 is 0 Å². The quantitative estimate of drug-likeness (QED) is 0.905.